The van der Waals surface area contributed by atoms with E-state index in [2.05, 4.69) is 39.9 Å². The van der Waals surface area contributed by atoms with Crippen LogP contribution in [-0.2, 0) is 13.2 Å². The molecule has 4 rings (SSSR count). The fraction of sp³-hybridized carbons (Fsp3) is 0.208. The topological polar surface area (TPSA) is 64.9 Å². The third-order valence-corrected chi connectivity index (χ3v) is 6.09. The van der Waals surface area contributed by atoms with Crippen LogP contribution >= 0.6 is 23.4 Å². The smallest absolute Gasteiger partial charge is 0.214 e. The minimum absolute atomic E-state index is 0.527. The van der Waals surface area contributed by atoms with Crippen molar-refractivity contribution in [3.8, 4) is 11.4 Å². The molecule has 164 valence electrons. The summed E-state index contributed by atoms with van der Waals surface area (Å²) in [4.78, 5) is 0. The molecule has 0 aliphatic carbocycles. The van der Waals surface area contributed by atoms with Gasteiger partial charge >= 0.3 is 0 Å². The lowest BCUT2D eigenvalue weighted by Crippen LogP contribution is -2.17. The van der Waals surface area contributed by atoms with E-state index in [0.717, 1.165) is 34.5 Å². The highest BCUT2D eigenvalue weighted by Crippen LogP contribution is 2.24. The molecule has 0 aliphatic heterocycles. The zero-order chi connectivity index (χ0) is 22.2. The third kappa shape index (κ3) is 5.88. The molecule has 0 amide bonds. The molecule has 0 atom stereocenters. The van der Waals surface area contributed by atoms with Crippen molar-refractivity contribution in [3.63, 3.8) is 0 Å². The number of thioether (sulfide) groups is 1. The normalized spacial score (nSPS) is 10.9. The number of para-hydroxylation sites is 1. The van der Waals surface area contributed by atoms with Crippen LogP contribution in [0.2, 0.25) is 5.02 Å². The van der Waals surface area contributed by atoms with Gasteiger partial charge in [-0.25, -0.2) is 0 Å². The van der Waals surface area contributed by atoms with Gasteiger partial charge in [-0.15, -0.1) is 5.10 Å². The van der Waals surface area contributed by atoms with Crippen LogP contribution in [-0.4, -0.2) is 32.5 Å². The molecular weight excluding hydrogens is 442 g/mol. The number of hydrogen-bond acceptors (Lipinski definition) is 6. The lowest BCUT2D eigenvalue weighted by molar-refractivity contribution is 0.301. The molecule has 0 saturated carbocycles. The summed E-state index contributed by atoms with van der Waals surface area (Å²) in [5.74, 6) is 1.67. The Morgan fingerprint density at radius 2 is 1.81 bits per heavy atom. The number of rotatable bonds is 10. The Bertz CT molecular complexity index is 1150. The monoisotopic (exact) mass is 465 g/mol. The van der Waals surface area contributed by atoms with Gasteiger partial charge in [-0.1, -0.05) is 65.8 Å². The van der Waals surface area contributed by atoms with Crippen molar-refractivity contribution in [3.05, 3.63) is 94.5 Å². The Morgan fingerprint density at radius 1 is 1.00 bits per heavy atom. The Kier molecular flexibility index (Phi) is 7.77. The van der Waals surface area contributed by atoms with Crippen molar-refractivity contribution < 1.29 is 4.74 Å². The second kappa shape index (κ2) is 11.1. The summed E-state index contributed by atoms with van der Waals surface area (Å²) in [6.45, 7) is 4.07. The second-order valence-electron chi connectivity index (χ2n) is 7.20. The molecule has 6 nitrogen and oxygen atoms in total. The van der Waals surface area contributed by atoms with Gasteiger partial charge in [0.1, 0.15) is 12.4 Å². The van der Waals surface area contributed by atoms with Crippen LogP contribution in [0, 0.1) is 6.92 Å². The number of aromatic nitrogens is 4. The third-order valence-electron chi connectivity index (χ3n) is 4.93. The van der Waals surface area contributed by atoms with E-state index < -0.39 is 0 Å². The van der Waals surface area contributed by atoms with Gasteiger partial charge in [0, 0.05) is 29.4 Å². The van der Waals surface area contributed by atoms with Gasteiger partial charge in [0.25, 0.3) is 0 Å². The van der Waals surface area contributed by atoms with Crippen LogP contribution in [0.1, 0.15) is 16.7 Å². The van der Waals surface area contributed by atoms with Crippen LogP contribution < -0.4 is 10.1 Å². The highest BCUT2D eigenvalue weighted by Gasteiger charge is 2.09. The number of hydrogen-bond donors (Lipinski definition) is 1. The molecule has 0 fully saturated rings. The van der Waals surface area contributed by atoms with Gasteiger partial charge in [0.05, 0.1) is 5.69 Å². The fourth-order valence-electron chi connectivity index (χ4n) is 3.19. The fourth-order valence-corrected chi connectivity index (χ4v) is 4.17. The first-order valence-electron chi connectivity index (χ1n) is 10.3. The molecule has 0 spiro atoms. The molecule has 4 aromatic rings. The number of benzene rings is 3. The minimum Gasteiger partial charge on any atom is -0.489 e. The van der Waals surface area contributed by atoms with E-state index in [9.17, 15) is 0 Å². The predicted octanol–water partition coefficient (Wildman–Crippen LogP) is 5.09. The first-order chi connectivity index (χ1) is 15.7. The maximum Gasteiger partial charge on any atom is 0.214 e. The lowest BCUT2D eigenvalue weighted by Gasteiger charge is -2.14. The van der Waals surface area contributed by atoms with Gasteiger partial charge in [-0.05, 0) is 58.8 Å². The maximum atomic E-state index is 6.23. The highest BCUT2D eigenvalue weighted by molar-refractivity contribution is 7.99. The SMILES string of the molecule is Cc1ccccc1COc1ccc(Cl)cc1CNCCSc1nnnn1-c1ccccc1. The number of nitrogens with zero attached hydrogens (tertiary/aromatic N) is 4. The molecule has 0 unspecified atom stereocenters. The van der Waals surface area contributed by atoms with E-state index in [0.29, 0.717) is 18.2 Å². The summed E-state index contributed by atoms with van der Waals surface area (Å²) in [5, 5.41) is 17.0. The Morgan fingerprint density at radius 3 is 2.66 bits per heavy atom. The molecule has 0 bridgehead atoms. The van der Waals surface area contributed by atoms with Crippen molar-refractivity contribution in [1.29, 1.82) is 0 Å². The summed E-state index contributed by atoms with van der Waals surface area (Å²) >= 11 is 7.84. The van der Waals surface area contributed by atoms with Crippen molar-refractivity contribution >= 4 is 23.4 Å². The van der Waals surface area contributed by atoms with Crippen LogP contribution in [0.5, 0.6) is 5.75 Å². The van der Waals surface area contributed by atoms with E-state index >= 15 is 0 Å². The molecule has 1 heterocycles. The second-order valence-corrected chi connectivity index (χ2v) is 8.70. The first kappa shape index (κ1) is 22.3. The number of nitrogens with one attached hydrogen (secondary N) is 1. The van der Waals surface area contributed by atoms with Gasteiger partial charge in [0.15, 0.2) is 0 Å². The number of tetrazole rings is 1. The Labute approximate surface area is 197 Å². The Balaban J connectivity index is 1.30. The predicted molar refractivity (Wildman–Crippen MR) is 129 cm³/mol. The van der Waals surface area contributed by atoms with Crippen LogP contribution in [0.15, 0.2) is 78.0 Å². The summed E-state index contributed by atoms with van der Waals surface area (Å²) in [6, 6.07) is 23.9. The largest absolute Gasteiger partial charge is 0.489 e. The summed E-state index contributed by atoms with van der Waals surface area (Å²) in [6.07, 6.45) is 0. The molecule has 0 radical (unpaired) electrons. The number of halogens is 1. The van der Waals surface area contributed by atoms with Crippen molar-refractivity contribution in [1.82, 2.24) is 25.5 Å². The van der Waals surface area contributed by atoms with E-state index in [1.807, 2.05) is 60.7 Å². The molecular formula is C24H24ClN5OS. The van der Waals surface area contributed by atoms with Crippen molar-refractivity contribution in [2.75, 3.05) is 12.3 Å². The lowest BCUT2D eigenvalue weighted by atomic mass is 10.1. The van der Waals surface area contributed by atoms with Crippen molar-refractivity contribution in [2.45, 2.75) is 25.2 Å². The molecule has 1 aromatic heterocycles. The summed E-state index contributed by atoms with van der Waals surface area (Å²) in [5.41, 5.74) is 4.37. The average Bonchev–Trinajstić information content (AvgIpc) is 3.28. The van der Waals surface area contributed by atoms with E-state index in [1.165, 1.54) is 11.1 Å². The van der Waals surface area contributed by atoms with Crippen LogP contribution in [0.3, 0.4) is 0 Å². The maximum absolute atomic E-state index is 6.23. The molecule has 3 aromatic carbocycles. The molecule has 32 heavy (non-hydrogen) atoms. The highest BCUT2D eigenvalue weighted by atomic mass is 35.5. The Hall–Kier alpha value is -2.87. The van der Waals surface area contributed by atoms with E-state index in [1.54, 1.807) is 16.4 Å². The molecule has 1 N–H and O–H groups in total. The van der Waals surface area contributed by atoms with Gasteiger partial charge < -0.3 is 10.1 Å². The van der Waals surface area contributed by atoms with E-state index in [4.69, 9.17) is 16.3 Å². The summed E-state index contributed by atoms with van der Waals surface area (Å²) < 4.78 is 7.86. The quantitative estimate of drug-likeness (QED) is 0.260. The molecule has 8 heteroatoms. The standard InChI is InChI=1S/C24H24ClN5OS/c1-18-7-5-6-8-19(18)17-31-23-12-11-21(25)15-20(23)16-26-13-14-32-24-27-28-29-30(24)22-9-3-2-4-10-22/h2-12,15,26H,13-14,16-17H2,1H3. The van der Waals surface area contributed by atoms with Gasteiger partial charge in [-0.2, -0.15) is 4.68 Å². The minimum atomic E-state index is 0.527. The van der Waals surface area contributed by atoms with Crippen LogP contribution in [0.25, 0.3) is 5.69 Å². The average molecular weight is 466 g/mol. The zero-order valence-electron chi connectivity index (χ0n) is 17.7. The zero-order valence-corrected chi connectivity index (χ0v) is 19.3. The van der Waals surface area contributed by atoms with Gasteiger partial charge in [0.2, 0.25) is 5.16 Å². The van der Waals surface area contributed by atoms with E-state index in [-0.39, 0.29) is 0 Å². The molecule has 0 aliphatic rings. The summed E-state index contributed by atoms with van der Waals surface area (Å²) in [7, 11) is 0. The molecule has 0 saturated heterocycles. The van der Waals surface area contributed by atoms with Crippen molar-refractivity contribution in [2.24, 2.45) is 0 Å². The number of aryl methyl sites for hydroxylation is 1. The number of ether oxygens (including phenoxy) is 1. The first-order valence-corrected chi connectivity index (χ1v) is 11.7. The van der Waals surface area contributed by atoms with Gasteiger partial charge in [-0.3, -0.25) is 0 Å². The van der Waals surface area contributed by atoms with Crippen LogP contribution in [0.4, 0.5) is 0 Å².